The summed E-state index contributed by atoms with van der Waals surface area (Å²) in [5, 5.41) is 7.45. The molecule has 0 radical (unpaired) electrons. The van der Waals surface area contributed by atoms with Crippen molar-refractivity contribution >= 4 is 6.09 Å². The van der Waals surface area contributed by atoms with Crippen LogP contribution in [-0.4, -0.2) is 29.0 Å². The summed E-state index contributed by atoms with van der Waals surface area (Å²) in [7, 11) is 0. The van der Waals surface area contributed by atoms with E-state index in [4.69, 9.17) is 9.84 Å². The second kappa shape index (κ2) is 5.23. The molecule has 0 atom stereocenters. The Balaban J connectivity index is 1.58. The monoisotopic (exact) mass is 263 g/mol. The Bertz CT molecular complexity index is 461. The third kappa shape index (κ3) is 3.08. The fraction of sp³-hybridized carbons (Fsp3) is 0.714. The normalized spacial score (nSPS) is 18.4. The van der Waals surface area contributed by atoms with E-state index in [2.05, 4.69) is 16.1 Å². The van der Waals surface area contributed by atoms with Crippen LogP contribution < -0.4 is 5.32 Å². The Labute approximate surface area is 113 Å². The maximum Gasteiger partial charge on any atom is 0.407 e. The van der Waals surface area contributed by atoms with Crippen LogP contribution in [-0.2, 0) is 11.3 Å². The van der Waals surface area contributed by atoms with Crippen molar-refractivity contribution in [3.8, 4) is 0 Å². The Morgan fingerprint density at radius 1 is 1.42 bits per heavy atom. The largest absolute Gasteiger partial charge is 0.450 e. The predicted molar refractivity (Wildman–Crippen MR) is 71.2 cm³/mol. The maximum absolute atomic E-state index is 11.2. The highest BCUT2D eigenvalue weighted by atomic mass is 16.5. The number of hydrogen-bond donors (Lipinski definition) is 1. The molecule has 0 aliphatic heterocycles. The number of ether oxygens (including phenoxy) is 1. The van der Waals surface area contributed by atoms with Crippen molar-refractivity contribution in [3.05, 3.63) is 17.5 Å². The van der Waals surface area contributed by atoms with E-state index in [9.17, 15) is 4.79 Å². The molecule has 0 unspecified atom stereocenters. The van der Waals surface area contributed by atoms with Crippen LogP contribution in [0.25, 0.3) is 0 Å². The van der Waals surface area contributed by atoms with Gasteiger partial charge in [0.05, 0.1) is 18.8 Å². The summed E-state index contributed by atoms with van der Waals surface area (Å²) in [6.07, 6.45) is 4.78. The van der Waals surface area contributed by atoms with Gasteiger partial charge in [0.2, 0.25) is 0 Å². The second-order valence-electron chi connectivity index (χ2n) is 5.41. The SMILES string of the molecule is CCOC(=O)NCCn1nc(C2CC2)cc1C1CC1. The summed E-state index contributed by atoms with van der Waals surface area (Å²) in [6, 6.07) is 2.28. The average Bonchev–Trinajstić information content (AvgIpc) is 3.29. The molecule has 0 bridgehead atoms. The van der Waals surface area contributed by atoms with E-state index in [-0.39, 0.29) is 6.09 Å². The van der Waals surface area contributed by atoms with Crippen LogP contribution in [0.15, 0.2) is 6.07 Å². The first-order valence-corrected chi connectivity index (χ1v) is 7.26. The van der Waals surface area contributed by atoms with Crippen molar-refractivity contribution < 1.29 is 9.53 Å². The highest BCUT2D eigenvalue weighted by molar-refractivity contribution is 5.66. The minimum Gasteiger partial charge on any atom is -0.450 e. The quantitative estimate of drug-likeness (QED) is 0.857. The third-order valence-electron chi connectivity index (χ3n) is 3.69. The summed E-state index contributed by atoms with van der Waals surface area (Å²) in [6.45, 7) is 3.52. The van der Waals surface area contributed by atoms with Gasteiger partial charge in [-0.2, -0.15) is 5.10 Å². The number of alkyl carbamates (subject to hydrolysis) is 1. The summed E-state index contributed by atoms with van der Waals surface area (Å²) in [5.74, 6) is 1.39. The number of nitrogens with zero attached hydrogens (tertiary/aromatic N) is 2. The lowest BCUT2D eigenvalue weighted by Gasteiger charge is -2.08. The van der Waals surface area contributed by atoms with Crippen molar-refractivity contribution in [2.75, 3.05) is 13.2 Å². The van der Waals surface area contributed by atoms with Crippen LogP contribution in [0.1, 0.15) is 55.8 Å². The van der Waals surface area contributed by atoms with Crippen molar-refractivity contribution in [3.63, 3.8) is 0 Å². The molecule has 19 heavy (non-hydrogen) atoms. The molecule has 5 nitrogen and oxygen atoms in total. The molecule has 0 saturated heterocycles. The van der Waals surface area contributed by atoms with Crippen molar-refractivity contribution in [1.82, 2.24) is 15.1 Å². The van der Waals surface area contributed by atoms with Crippen LogP contribution in [0.2, 0.25) is 0 Å². The van der Waals surface area contributed by atoms with Gasteiger partial charge in [0.25, 0.3) is 0 Å². The van der Waals surface area contributed by atoms with Crippen LogP contribution in [0.4, 0.5) is 4.79 Å². The molecule has 1 heterocycles. The number of hydrogen-bond acceptors (Lipinski definition) is 3. The summed E-state index contributed by atoms with van der Waals surface area (Å²) >= 11 is 0. The molecule has 2 aliphatic carbocycles. The smallest absolute Gasteiger partial charge is 0.407 e. The van der Waals surface area contributed by atoms with E-state index >= 15 is 0 Å². The Hall–Kier alpha value is -1.52. The molecule has 1 amide bonds. The van der Waals surface area contributed by atoms with E-state index in [1.807, 2.05) is 0 Å². The van der Waals surface area contributed by atoms with Gasteiger partial charge in [-0.3, -0.25) is 4.68 Å². The third-order valence-corrected chi connectivity index (χ3v) is 3.69. The van der Waals surface area contributed by atoms with Crippen molar-refractivity contribution in [1.29, 1.82) is 0 Å². The Morgan fingerprint density at radius 2 is 2.16 bits per heavy atom. The lowest BCUT2D eigenvalue weighted by molar-refractivity contribution is 0.151. The molecule has 1 aromatic rings. The lowest BCUT2D eigenvalue weighted by atomic mass is 10.2. The van der Waals surface area contributed by atoms with E-state index in [0.29, 0.717) is 25.0 Å². The van der Waals surface area contributed by atoms with Gasteiger partial charge in [-0.25, -0.2) is 4.79 Å². The number of amides is 1. The molecule has 1 N–H and O–H groups in total. The minimum atomic E-state index is -0.343. The van der Waals surface area contributed by atoms with Crippen LogP contribution in [0.3, 0.4) is 0 Å². The molecule has 2 fully saturated rings. The number of aromatic nitrogens is 2. The van der Waals surface area contributed by atoms with E-state index in [1.54, 1.807) is 6.92 Å². The van der Waals surface area contributed by atoms with Gasteiger partial charge in [-0.05, 0) is 38.7 Å². The molecule has 0 aromatic carbocycles. The number of carbonyl (C=O) groups excluding carboxylic acids is 1. The molecule has 2 aliphatic rings. The average molecular weight is 263 g/mol. The zero-order valence-corrected chi connectivity index (χ0v) is 11.4. The number of carbonyl (C=O) groups is 1. The van der Waals surface area contributed by atoms with Gasteiger partial charge in [-0.15, -0.1) is 0 Å². The first kappa shape index (κ1) is 12.5. The standard InChI is InChI=1S/C14H21N3O2/c1-2-19-14(18)15-7-8-17-13(11-5-6-11)9-12(16-17)10-3-4-10/h9-11H,2-8H2,1H3,(H,15,18). The van der Waals surface area contributed by atoms with Gasteiger partial charge in [0, 0.05) is 24.1 Å². The molecule has 104 valence electrons. The Morgan fingerprint density at radius 3 is 2.79 bits per heavy atom. The summed E-state index contributed by atoms with van der Waals surface area (Å²) in [5.41, 5.74) is 2.60. The molecule has 2 saturated carbocycles. The van der Waals surface area contributed by atoms with E-state index < -0.39 is 0 Å². The molecule has 3 rings (SSSR count). The van der Waals surface area contributed by atoms with Crippen molar-refractivity contribution in [2.45, 2.75) is 51.0 Å². The van der Waals surface area contributed by atoms with Gasteiger partial charge in [0.15, 0.2) is 0 Å². The van der Waals surface area contributed by atoms with E-state index in [1.165, 1.54) is 37.1 Å². The predicted octanol–water partition coefficient (Wildman–Crippen LogP) is 2.38. The molecular formula is C14H21N3O2. The molecular weight excluding hydrogens is 242 g/mol. The summed E-state index contributed by atoms with van der Waals surface area (Å²) < 4.78 is 6.92. The summed E-state index contributed by atoms with van der Waals surface area (Å²) in [4.78, 5) is 11.2. The zero-order valence-electron chi connectivity index (χ0n) is 11.4. The fourth-order valence-corrected chi connectivity index (χ4v) is 2.36. The van der Waals surface area contributed by atoms with E-state index in [0.717, 1.165) is 6.54 Å². The molecule has 5 heteroatoms. The highest BCUT2D eigenvalue weighted by Crippen LogP contribution is 2.44. The van der Waals surface area contributed by atoms with Crippen LogP contribution >= 0.6 is 0 Å². The second-order valence-corrected chi connectivity index (χ2v) is 5.41. The zero-order chi connectivity index (χ0) is 13.2. The van der Waals surface area contributed by atoms with Gasteiger partial charge < -0.3 is 10.1 Å². The number of rotatable bonds is 6. The van der Waals surface area contributed by atoms with Gasteiger partial charge in [0.1, 0.15) is 0 Å². The van der Waals surface area contributed by atoms with Gasteiger partial charge >= 0.3 is 6.09 Å². The van der Waals surface area contributed by atoms with Crippen LogP contribution in [0, 0.1) is 0 Å². The van der Waals surface area contributed by atoms with Gasteiger partial charge in [-0.1, -0.05) is 0 Å². The first-order valence-electron chi connectivity index (χ1n) is 7.26. The Kier molecular flexibility index (Phi) is 3.44. The van der Waals surface area contributed by atoms with Crippen molar-refractivity contribution in [2.24, 2.45) is 0 Å². The molecule has 1 aromatic heterocycles. The topological polar surface area (TPSA) is 56.1 Å². The number of nitrogens with one attached hydrogen (secondary N) is 1. The highest BCUT2D eigenvalue weighted by Gasteiger charge is 2.32. The first-order chi connectivity index (χ1) is 9.28. The van der Waals surface area contributed by atoms with Crippen LogP contribution in [0.5, 0.6) is 0 Å². The fourth-order valence-electron chi connectivity index (χ4n) is 2.36. The minimum absolute atomic E-state index is 0.343. The maximum atomic E-state index is 11.2. The lowest BCUT2D eigenvalue weighted by Crippen LogP contribution is -2.28. The molecule has 0 spiro atoms.